The van der Waals surface area contributed by atoms with E-state index >= 15 is 0 Å². The van der Waals surface area contributed by atoms with Crippen LogP contribution in [0, 0.1) is 16.7 Å². The number of carboxylic acids is 1. The van der Waals surface area contributed by atoms with E-state index in [0.717, 1.165) is 25.7 Å². The lowest BCUT2D eigenvalue weighted by Gasteiger charge is -2.41. The monoisotopic (exact) mass is 181 g/mol. The maximum Gasteiger partial charge on any atom is 0.307 e. The van der Waals surface area contributed by atoms with Crippen molar-refractivity contribution in [3.63, 3.8) is 0 Å². The van der Waals surface area contributed by atoms with E-state index in [2.05, 4.69) is 0 Å². The lowest BCUT2D eigenvalue weighted by molar-refractivity contribution is -0.140. The van der Waals surface area contributed by atoms with E-state index in [1.54, 1.807) is 0 Å². The van der Waals surface area contributed by atoms with E-state index < -0.39 is 5.97 Å². The van der Waals surface area contributed by atoms with Crippen LogP contribution < -0.4 is 5.73 Å². The second-order valence-electron chi connectivity index (χ2n) is 5.11. The minimum absolute atomic E-state index is 0.0476. The molecule has 0 heterocycles. The summed E-state index contributed by atoms with van der Waals surface area (Å²) in [5, 5.41) is 9.10. The Labute approximate surface area is 77.3 Å². The van der Waals surface area contributed by atoms with Crippen molar-refractivity contribution in [1.29, 1.82) is 0 Å². The van der Waals surface area contributed by atoms with Crippen LogP contribution in [0.4, 0.5) is 0 Å². The number of fused-ring (bicyclic) bond motifs is 1. The van der Waals surface area contributed by atoms with Gasteiger partial charge in [0.1, 0.15) is 0 Å². The van der Waals surface area contributed by atoms with Crippen LogP contribution in [-0.4, -0.2) is 17.1 Å². The Morgan fingerprint density at radius 2 is 1.92 bits per heavy atom. The van der Waals surface area contributed by atoms with Gasteiger partial charge in [-0.15, -0.1) is 0 Å². The van der Waals surface area contributed by atoms with Gasteiger partial charge in [0.2, 0.25) is 0 Å². The first-order valence-corrected chi connectivity index (χ1v) is 5.11. The van der Waals surface area contributed by atoms with E-state index in [0.29, 0.717) is 0 Å². The third-order valence-corrected chi connectivity index (χ3v) is 4.76. The van der Waals surface area contributed by atoms with E-state index in [1.807, 2.05) is 0 Å². The highest BCUT2D eigenvalue weighted by Gasteiger charge is 2.83. The van der Waals surface area contributed by atoms with Crippen LogP contribution in [-0.2, 0) is 4.79 Å². The fourth-order valence-electron chi connectivity index (χ4n) is 4.07. The third kappa shape index (κ3) is 0.622. The second kappa shape index (κ2) is 1.92. The van der Waals surface area contributed by atoms with Gasteiger partial charge in [0, 0.05) is 6.04 Å². The lowest BCUT2D eigenvalue weighted by atomic mass is 9.65. The summed E-state index contributed by atoms with van der Waals surface area (Å²) >= 11 is 0. The molecule has 3 N–H and O–H groups in total. The first-order valence-electron chi connectivity index (χ1n) is 5.11. The van der Waals surface area contributed by atoms with Gasteiger partial charge in [0.15, 0.2) is 0 Å². The van der Waals surface area contributed by atoms with Crippen molar-refractivity contribution in [3.8, 4) is 0 Å². The van der Waals surface area contributed by atoms with Crippen LogP contribution in [0.2, 0.25) is 0 Å². The molecule has 2 spiro atoms. The molecule has 3 saturated carbocycles. The molecule has 3 nitrogen and oxygen atoms in total. The number of aliphatic carboxylic acids is 1. The predicted octanol–water partition coefficient (Wildman–Crippen LogP) is 0.979. The van der Waals surface area contributed by atoms with Gasteiger partial charge in [-0.2, -0.15) is 0 Å². The highest BCUT2D eigenvalue weighted by atomic mass is 16.4. The quantitative estimate of drug-likeness (QED) is 0.633. The van der Waals surface area contributed by atoms with Gasteiger partial charge >= 0.3 is 5.97 Å². The average Bonchev–Trinajstić information content (AvgIpc) is 2.50. The summed E-state index contributed by atoms with van der Waals surface area (Å²) in [4.78, 5) is 11.0. The summed E-state index contributed by atoms with van der Waals surface area (Å²) in [6.45, 7) is 0. The Morgan fingerprint density at radius 1 is 1.31 bits per heavy atom. The molecular weight excluding hydrogens is 166 g/mol. The molecule has 0 bridgehead atoms. The van der Waals surface area contributed by atoms with E-state index in [1.165, 1.54) is 6.42 Å². The molecule has 0 saturated heterocycles. The molecule has 0 aromatic carbocycles. The standard InChI is InChI=1S/C10H15NO2/c11-6-4-10(5-6)7(8(12)13)9(10)2-1-3-9/h6-7H,1-5,11H2,(H,12,13). The van der Waals surface area contributed by atoms with Gasteiger partial charge in [0.25, 0.3) is 0 Å². The molecule has 3 rings (SSSR count). The van der Waals surface area contributed by atoms with Crippen LogP contribution in [0.25, 0.3) is 0 Å². The summed E-state index contributed by atoms with van der Waals surface area (Å²) in [5.74, 6) is -0.625. The first-order chi connectivity index (χ1) is 6.12. The summed E-state index contributed by atoms with van der Waals surface area (Å²) in [7, 11) is 0. The fraction of sp³-hybridized carbons (Fsp3) is 0.900. The van der Waals surface area contributed by atoms with E-state index in [4.69, 9.17) is 10.8 Å². The molecule has 0 aromatic rings. The minimum Gasteiger partial charge on any atom is -0.481 e. The van der Waals surface area contributed by atoms with Gasteiger partial charge in [0.05, 0.1) is 5.92 Å². The van der Waals surface area contributed by atoms with Crippen LogP contribution >= 0.6 is 0 Å². The topological polar surface area (TPSA) is 63.3 Å². The second-order valence-corrected chi connectivity index (χ2v) is 5.11. The van der Waals surface area contributed by atoms with Crippen molar-refractivity contribution in [2.24, 2.45) is 22.5 Å². The summed E-state index contributed by atoms with van der Waals surface area (Å²) < 4.78 is 0. The van der Waals surface area contributed by atoms with Gasteiger partial charge < -0.3 is 10.8 Å². The number of rotatable bonds is 1. The average molecular weight is 181 g/mol. The minimum atomic E-state index is -0.577. The Balaban J connectivity index is 1.86. The van der Waals surface area contributed by atoms with Gasteiger partial charge in [-0.1, -0.05) is 6.42 Å². The molecule has 72 valence electrons. The smallest absolute Gasteiger partial charge is 0.307 e. The van der Waals surface area contributed by atoms with Crippen molar-refractivity contribution >= 4 is 5.97 Å². The number of carbonyl (C=O) groups is 1. The number of hydrogen-bond donors (Lipinski definition) is 2. The van der Waals surface area contributed by atoms with Gasteiger partial charge in [-0.25, -0.2) is 0 Å². The van der Waals surface area contributed by atoms with Gasteiger partial charge in [-0.3, -0.25) is 4.79 Å². The number of carboxylic acid groups (broad SMARTS) is 1. The Morgan fingerprint density at radius 3 is 2.15 bits per heavy atom. The molecule has 0 radical (unpaired) electrons. The Kier molecular flexibility index (Phi) is 1.15. The van der Waals surface area contributed by atoms with Crippen LogP contribution in [0.1, 0.15) is 32.1 Å². The summed E-state index contributed by atoms with van der Waals surface area (Å²) in [6.07, 6.45) is 5.42. The fourth-order valence-corrected chi connectivity index (χ4v) is 4.07. The van der Waals surface area contributed by atoms with Crippen molar-refractivity contribution in [2.45, 2.75) is 38.1 Å². The number of nitrogens with two attached hydrogens (primary N) is 1. The molecule has 3 aliphatic rings. The Bertz CT molecular complexity index is 277. The normalized spacial score (nSPS) is 49.9. The zero-order valence-electron chi connectivity index (χ0n) is 7.62. The van der Waals surface area contributed by atoms with Crippen molar-refractivity contribution in [3.05, 3.63) is 0 Å². The van der Waals surface area contributed by atoms with E-state index in [9.17, 15) is 4.79 Å². The maximum atomic E-state index is 11.0. The molecule has 1 unspecified atom stereocenters. The first kappa shape index (κ1) is 7.80. The lowest BCUT2D eigenvalue weighted by Crippen LogP contribution is -2.42. The molecule has 3 aliphatic carbocycles. The maximum absolute atomic E-state index is 11.0. The molecular formula is C10H15NO2. The van der Waals surface area contributed by atoms with Crippen molar-refractivity contribution in [1.82, 2.24) is 0 Å². The molecule has 13 heavy (non-hydrogen) atoms. The highest BCUT2D eigenvalue weighted by molar-refractivity contribution is 5.78. The molecule has 3 heteroatoms. The molecule has 1 atom stereocenters. The number of hydrogen-bond acceptors (Lipinski definition) is 2. The molecule has 0 aromatic heterocycles. The third-order valence-electron chi connectivity index (χ3n) is 4.76. The summed E-state index contributed by atoms with van der Waals surface area (Å²) in [6, 6.07) is 0.279. The van der Waals surface area contributed by atoms with E-state index in [-0.39, 0.29) is 22.8 Å². The van der Waals surface area contributed by atoms with Crippen LogP contribution in [0.5, 0.6) is 0 Å². The molecule has 3 fully saturated rings. The van der Waals surface area contributed by atoms with Crippen LogP contribution in [0.3, 0.4) is 0 Å². The molecule has 0 amide bonds. The Hall–Kier alpha value is -0.570. The van der Waals surface area contributed by atoms with Crippen molar-refractivity contribution in [2.75, 3.05) is 0 Å². The van der Waals surface area contributed by atoms with Crippen molar-refractivity contribution < 1.29 is 9.90 Å². The van der Waals surface area contributed by atoms with Gasteiger partial charge in [-0.05, 0) is 36.5 Å². The highest BCUT2D eigenvalue weighted by Crippen LogP contribution is 2.84. The van der Waals surface area contributed by atoms with Crippen LogP contribution in [0.15, 0.2) is 0 Å². The zero-order chi connectivity index (χ0) is 9.27. The largest absolute Gasteiger partial charge is 0.481 e. The SMILES string of the molecule is NC1CC2(C1)C(C(=O)O)C21CCC1. The summed E-state index contributed by atoms with van der Waals surface area (Å²) in [5.41, 5.74) is 6.12. The predicted molar refractivity (Wildman–Crippen MR) is 47.1 cm³/mol. The molecule has 0 aliphatic heterocycles. The zero-order valence-corrected chi connectivity index (χ0v) is 7.62.